The van der Waals surface area contributed by atoms with E-state index < -0.39 is 6.10 Å². The molecule has 1 aromatic heterocycles. The van der Waals surface area contributed by atoms with E-state index in [1.165, 1.54) is 0 Å². The summed E-state index contributed by atoms with van der Waals surface area (Å²) in [6.45, 7) is 10.2. The number of carbonyl (C=O) groups excluding carboxylic acids is 1. The predicted molar refractivity (Wildman–Crippen MR) is 79.6 cm³/mol. The van der Waals surface area contributed by atoms with Gasteiger partial charge in [-0.25, -0.2) is 0 Å². The van der Waals surface area contributed by atoms with E-state index in [2.05, 4.69) is 29.5 Å². The molecule has 0 saturated heterocycles. The number of nitrogens with zero attached hydrogens (tertiary/aromatic N) is 1. The van der Waals surface area contributed by atoms with Crippen molar-refractivity contribution in [1.29, 1.82) is 0 Å². The number of likely N-dealkylation sites (N-methyl/N-ethyl adjacent to an activating group) is 1. The van der Waals surface area contributed by atoms with Crippen LogP contribution in [0.25, 0.3) is 0 Å². The molecule has 0 aliphatic heterocycles. The van der Waals surface area contributed by atoms with Crippen molar-refractivity contribution in [1.82, 2.24) is 15.6 Å². The Kier molecular flexibility index (Phi) is 7.01. The Morgan fingerprint density at radius 1 is 1.35 bits per heavy atom. The van der Waals surface area contributed by atoms with Crippen LogP contribution in [0.3, 0.4) is 0 Å². The van der Waals surface area contributed by atoms with Crippen molar-refractivity contribution in [2.45, 2.75) is 40.3 Å². The van der Waals surface area contributed by atoms with Crippen LogP contribution in [0.1, 0.15) is 33.4 Å². The highest BCUT2D eigenvalue weighted by molar-refractivity contribution is 5.80. The van der Waals surface area contributed by atoms with E-state index in [4.69, 9.17) is 4.74 Å². The molecule has 0 saturated carbocycles. The molecule has 5 nitrogen and oxygen atoms in total. The molecule has 1 heterocycles. The highest BCUT2D eigenvalue weighted by atomic mass is 16.5. The zero-order valence-corrected chi connectivity index (χ0v) is 12.8. The van der Waals surface area contributed by atoms with Crippen LogP contribution in [0.2, 0.25) is 0 Å². The van der Waals surface area contributed by atoms with Crippen LogP contribution in [0, 0.1) is 5.92 Å². The average molecular weight is 279 g/mol. The lowest BCUT2D eigenvalue weighted by Gasteiger charge is -2.14. The van der Waals surface area contributed by atoms with Gasteiger partial charge < -0.3 is 15.4 Å². The third-order valence-electron chi connectivity index (χ3n) is 2.69. The van der Waals surface area contributed by atoms with E-state index >= 15 is 0 Å². The maximum Gasteiger partial charge on any atom is 0.260 e. The second kappa shape index (κ2) is 8.53. The van der Waals surface area contributed by atoms with Gasteiger partial charge in [-0.1, -0.05) is 13.8 Å². The van der Waals surface area contributed by atoms with Crippen LogP contribution >= 0.6 is 0 Å². The Hall–Kier alpha value is -1.62. The summed E-state index contributed by atoms with van der Waals surface area (Å²) in [5.74, 6) is 1.11. The van der Waals surface area contributed by atoms with Crippen molar-refractivity contribution in [3.63, 3.8) is 0 Å². The van der Waals surface area contributed by atoms with Crippen molar-refractivity contribution >= 4 is 5.91 Å². The smallest absolute Gasteiger partial charge is 0.260 e. The van der Waals surface area contributed by atoms with Gasteiger partial charge in [-0.3, -0.25) is 9.78 Å². The van der Waals surface area contributed by atoms with Gasteiger partial charge in [-0.05, 0) is 38.4 Å². The minimum Gasteiger partial charge on any atom is -0.479 e. The van der Waals surface area contributed by atoms with Gasteiger partial charge >= 0.3 is 0 Å². The first-order chi connectivity index (χ1) is 9.52. The molecule has 20 heavy (non-hydrogen) atoms. The maximum absolute atomic E-state index is 11.6. The van der Waals surface area contributed by atoms with E-state index in [0.717, 1.165) is 18.8 Å². The number of rotatable bonds is 8. The summed E-state index contributed by atoms with van der Waals surface area (Å²) in [4.78, 5) is 15.9. The Bertz CT molecular complexity index is 404. The molecule has 1 rings (SSSR count). The number of hydrogen-bond acceptors (Lipinski definition) is 4. The van der Waals surface area contributed by atoms with Gasteiger partial charge in [0.25, 0.3) is 5.91 Å². The first-order valence-electron chi connectivity index (χ1n) is 7.13. The Balaban J connectivity index is 2.44. The van der Waals surface area contributed by atoms with Gasteiger partial charge in [0.2, 0.25) is 0 Å². The monoisotopic (exact) mass is 279 g/mol. The third kappa shape index (κ3) is 6.02. The van der Waals surface area contributed by atoms with Gasteiger partial charge in [-0.2, -0.15) is 0 Å². The fourth-order valence-corrected chi connectivity index (χ4v) is 1.65. The molecule has 0 aliphatic carbocycles. The topological polar surface area (TPSA) is 63.2 Å². The molecule has 1 atom stereocenters. The number of aromatic nitrogens is 1. The predicted octanol–water partition coefficient (Wildman–Crippen LogP) is 1.73. The quantitative estimate of drug-likeness (QED) is 0.760. The van der Waals surface area contributed by atoms with Crippen molar-refractivity contribution in [3.05, 3.63) is 24.0 Å². The lowest BCUT2D eigenvalue weighted by Crippen LogP contribution is -2.36. The number of carbonyl (C=O) groups is 1. The number of amides is 1. The molecule has 1 aromatic rings. The number of pyridine rings is 1. The van der Waals surface area contributed by atoms with Crippen LogP contribution in [-0.4, -0.2) is 30.1 Å². The summed E-state index contributed by atoms with van der Waals surface area (Å²) in [5.41, 5.74) is 0.962. The summed E-state index contributed by atoms with van der Waals surface area (Å²) < 4.78 is 5.53. The Morgan fingerprint density at radius 2 is 2.10 bits per heavy atom. The summed E-state index contributed by atoms with van der Waals surface area (Å²) in [6, 6.07) is 3.75. The summed E-state index contributed by atoms with van der Waals surface area (Å²) >= 11 is 0. The van der Waals surface area contributed by atoms with Crippen molar-refractivity contribution < 1.29 is 9.53 Å². The molecular formula is C15H25N3O2. The number of ether oxygens (including phenoxy) is 1. The van der Waals surface area contributed by atoms with Crippen molar-refractivity contribution in [3.8, 4) is 5.75 Å². The Labute approximate surface area is 121 Å². The van der Waals surface area contributed by atoms with E-state index in [-0.39, 0.29) is 5.91 Å². The normalized spacial score (nSPS) is 12.2. The third-order valence-corrected chi connectivity index (χ3v) is 2.69. The van der Waals surface area contributed by atoms with E-state index in [1.807, 2.05) is 19.1 Å². The molecule has 0 aliphatic rings. The largest absolute Gasteiger partial charge is 0.479 e. The summed E-state index contributed by atoms with van der Waals surface area (Å²) in [7, 11) is 0. The number of nitrogens with one attached hydrogen (secondary N) is 2. The van der Waals surface area contributed by atoms with Gasteiger partial charge in [0, 0.05) is 13.1 Å². The first kappa shape index (κ1) is 16.4. The minimum atomic E-state index is -0.512. The second-order valence-corrected chi connectivity index (χ2v) is 5.16. The van der Waals surface area contributed by atoms with E-state index in [1.54, 1.807) is 13.1 Å². The molecule has 112 valence electrons. The van der Waals surface area contributed by atoms with E-state index in [9.17, 15) is 4.79 Å². The van der Waals surface area contributed by atoms with Gasteiger partial charge in [0.15, 0.2) is 6.10 Å². The molecule has 0 bridgehead atoms. The molecule has 0 spiro atoms. The SMILES string of the molecule is CCNC(=O)C(C)Oc1ccc(CNCC(C)C)nc1. The zero-order valence-electron chi connectivity index (χ0n) is 12.8. The van der Waals surface area contributed by atoms with E-state index in [0.29, 0.717) is 18.2 Å². The lowest BCUT2D eigenvalue weighted by molar-refractivity contribution is -0.127. The molecular weight excluding hydrogens is 254 g/mol. The van der Waals surface area contributed by atoms with Gasteiger partial charge in [0.1, 0.15) is 5.75 Å². The van der Waals surface area contributed by atoms with Crippen LogP contribution in [0.15, 0.2) is 18.3 Å². The minimum absolute atomic E-state index is 0.116. The highest BCUT2D eigenvalue weighted by Gasteiger charge is 2.13. The highest BCUT2D eigenvalue weighted by Crippen LogP contribution is 2.11. The molecule has 2 N–H and O–H groups in total. The standard InChI is InChI=1S/C15H25N3O2/c1-5-17-15(19)12(4)20-14-7-6-13(18-10-14)9-16-8-11(2)3/h6-7,10-12,16H,5,8-9H2,1-4H3,(H,17,19). The van der Waals surface area contributed by atoms with Crippen LogP contribution in [-0.2, 0) is 11.3 Å². The van der Waals surface area contributed by atoms with Crippen LogP contribution in [0.4, 0.5) is 0 Å². The van der Waals surface area contributed by atoms with Gasteiger partial charge in [0.05, 0.1) is 11.9 Å². The van der Waals surface area contributed by atoms with Crippen molar-refractivity contribution in [2.24, 2.45) is 5.92 Å². The van der Waals surface area contributed by atoms with Crippen LogP contribution in [0.5, 0.6) is 5.75 Å². The maximum atomic E-state index is 11.6. The molecule has 0 aromatic carbocycles. The molecule has 0 radical (unpaired) electrons. The molecule has 0 fully saturated rings. The Morgan fingerprint density at radius 3 is 2.65 bits per heavy atom. The fraction of sp³-hybridized carbons (Fsp3) is 0.600. The average Bonchev–Trinajstić information content (AvgIpc) is 2.40. The van der Waals surface area contributed by atoms with Gasteiger partial charge in [-0.15, -0.1) is 0 Å². The molecule has 1 amide bonds. The number of hydrogen-bond donors (Lipinski definition) is 2. The van der Waals surface area contributed by atoms with Crippen molar-refractivity contribution in [2.75, 3.05) is 13.1 Å². The summed E-state index contributed by atoms with van der Waals surface area (Å²) in [6.07, 6.45) is 1.14. The molecule has 5 heteroatoms. The van der Waals surface area contributed by atoms with Crippen LogP contribution < -0.4 is 15.4 Å². The molecule has 1 unspecified atom stereocenters. The summed E-state index contributed by atoms with van der Waals surface area (Å²) in [5, 5.41) is 6.05. The first-order valence-corrected chi connectivity index (χ1v) is 7.13. The zero-order chi connectivity index (χ0) is 15.0. The second-order valence-electron chi connectivity index (χ2n) is 5.16. The lowest BCUT2D eigenvalue weighted by atomic mass is 10.2. The fourth-order valence-electron chi connectivity index (χ4n) is 1.65.